The van der Waals surface area contributed by atoms with Gasteiger partial charge >= 0.3 is 0 Å². The van der Waals surface area contributed by atoms with E-state index < -0.39 is 10.0 Å². The Balaban J connectivity index is 2.04. The van der Waals surface area contributed by atoms with Crippen LogP contribution in [0.1, 0.15) is 36.9 Å². The first kappa shape index (κ1) is 17.9. The van der Waals surface area contributed by atoms with E-state index in [-0.39, 0.29) is 11.8 Å². The van der Waals surface area contributed by atoms with Gasteiger partial charge in [-0.15, -0.1) is 0 Å². The maximum atomic E-state index is 12.3. The van der Waals surface area contributed by atoms with Gasteiger partial charge in [-0.2, -0.15) is 9.57 Å². The van der Waals surface area contributed by atoms with Crippen molar-refractivity contribution in [3.63, 3.8) is 0 Å². The number of benzene rings is 1. The van der Waals surface area contributed by atoms with Crippen molar-refractivity contribution in [3.8, 4) is 6.07 Å². The lowest BCUT2D eigenvalue weighted by Gasteiger charge is -2.36. The van der Waals surface area contributed by atoms with Crippen LogP contribution in [0.15, 0.2) is 24.3 Å². The van der Waals surface area contributed by atoms with Gasteiger partial charge in [0.2, 0.25) is 10.0 Å². The summed E-state index contributed by atoms with van der Waals surface area (Å²) in [6, 6.07) is 9.96. The molecule has 0 spiro atoms. The van der Waals surface area contributed by atoms with Crippen LogP contribution in [0.4, 0.5) is 0 Å². The highest BCUT2D eigenvalue weighted by molar-refractivity contribution is 7.89. The van der Waals surface area contributed by atoms with Gasteiger partial charge in [0.15, 0.2) is 0 Å². The normalized spacial score (nSPS) is 18.5. The summed E-state index contributed by atoms with van der Waals surface area (Å²) in [5.74, 6) is 0.225. The largest absolute Gasteiger partial charge is 0.282 e. The third kappa shape index (κ3) is 4.31. The summed E-state index contributed by atoms with van der Waals surface area (Å²) in [4.78, 5) is 2.08. The van der Waals surface area contributed by atoms with Crippen molar-refractivity contribution < 1.29 is 8.42 Å². The zero-order chi connectivity index (χ0) is 16.9. The number of rotatable bonds is 6. The summed E-state index contributed by atoms with van der Waals surface area (Å²) >= 11 is 0. The minimum atomic E-state index is -3.15. The van der Waals surface area contributed by atoms with E-state index >= 15 is 0 Å². The van der Waals surface area contributed by atoms with Crippen molar-refractivity contribution in [2.75, 3.05) is 31.9 Å². The second-order valence-electron chi connectivity index (χ2n) is 5.99. The SMILES string of the molecule is CCCCS(=O)(=O)N1CCN(C(C#N)c2ccccc2C)CC1. The van der Waals surface area contributed by atoms with Crippen LogP contribution >= 0.6 is 0 Å². The Morgan fingerprint density at radius 1 is 1.22 bits per heavy atom. The molecule has 1 saturated heterocycles. The van der Waals surface area contributed by atoms with Crippen molar-refractivity contribution in [2.24, 2.45) is 0 Å². The Labute approximate surface area is 139 Å². The van der Waals surface area contributed by atoms with Gasteiger partial charge in [-0.05, 0) is 24.5 Å². The number of piperazine rings is 1. The molecule has 23 heavy (non-hydrogen) atoms. The van der Waals surface area contributed by atoms with E-state index in [1.807, 2.05) is 38.1 Å². The van der Waals surface area contributed by atoms with Crippen LogP contribution < -0.4 is 0 Å². The molecule has 1 aliphatic heterocycles. The average molecular weight is 335 g/mol. The number of hydrogen-bond donors (Lipinski definition) is 0. The number of nitriles is 1. The van der Waals surface area contributed by atoms with Gasteiger partial charge in [0, 0.05) is 26.2 Å². The highest BCUT2D eigenvalue weighted by Crippen LogP contribution is 2.25. The van der Waals surface area contributed by atoms with Gasteiger partial charge in [-0.1, -0.05) is 37.6 Å². The summed E-state index contributed by atoms with van der Waals surface area (Å²) in [7, 11) is -3.15. The van der Waals surface area contributed by atoms with Crippen molar-refractivity contribution in [2.45, 2.75) is 32.7 Å². The van der Waals surface area contributed by atoms with Crippen LogP contribution in [0.2, 0.25) is 0 Å². The summed E-state index contributed by atoms with van der Waals surface area (Å²) in [6.45, 7) is 6.13. The summed E-state index contributed by atoms with van der Waals surface area (Å²) in [6.07, 6.45) is 1.58. The minimum absolute atomic E-state index is 0.225. The van der Waals surface area contributed by atoms with E-state index in [0.717, 1.165) is 17.5 Å². The third-order valence-corrected chi connectivity index (χ3v) is 6.35. The molecule has 0 amide bonds. The smallest absolute Gasteiger partial charge is 0.214 e. The lowest BCUT2D eigenvalue weighted by Crippen LogP contribution is -2.50. The van der Waals surface area contributed by atoms with Crippen molar-refractivity contribution in [1.29, 1.82) is 5.26 Å². The van der Waals surface area contributed by atoms with Gasteiger partial charge in [-0.3, -0.25) is 4.90 Å². The monoisotopic (exact) mass is 335 g/mol. The highest BCUT2D eigenvalue weighted by atomic mass is 32.2. The van der Waals surface area contributed by atoms with Crippen LogP contribution in [-0.4, -0.2) is 49.6 Å². The minimum Gasteiger partial charge on any atom is -0.282 e. The molecule has 1 atom stereocenters. The molecule has 1 aliphatic rings. The van der Waals surface area contributed by atoms with Crippen LogP contribution in [0.5, 0.6) is 0 Å². The molecular weight excluding hydrogens is 310 g/mol. The number of unbranched alkanes of at least 4 members (excludes halogenated alkanes) is 1. The molecule has 1 heterocycles. The Kier molecular flexibility index (Phi) is 6.17. The lowest BCUT2D eigenvalue weighted by atomic mass is 10.0. The topological polar surface area (TPSA) is 64.4 Å². The third-order valence-electron chi connectivity index (χ3n) is 4.39. The van der Waals surface area contributed by atoms with E-state index in [4.69, 9.17) is 0 Å². The summed E-state index contributed by atoms with van der Waals surface area (Å²) < 4.78 is 26.1. The predicted molar refractivity (Wildman–Crippen MR) is 91.4 cm³/mol. The van der Waals surface area contributed by atoms with Gasteiger partial charge in [0.1, 0.15) is 6.04 Å². The standard InChI is InChI=1S/C17H25N3O2S/c1-3-4-13-23(21,22)20-11-9-19(10-12-20)17(14-18)16-8-6-5-7-15(16)2/h5-8,17H,3-4,9-13H2,1-2H3. The lowest BCUT2D eigenvalue weighted by molar-refractivity contribution is 0.162. The van der Waals surface area contributed by atoms with Gasteiger partial charge in [0.05, 0.1) is 11.8 Å². The molecule has 1 fully saturated rings. The van der Waals surface area contributed by atoms with Crippen molar-refractivity contribution in [3.05, 3.63) is 35.4 Å². The van der Waals surface area contributed by atoms with Crippen LogP contribution in [-0.2, 0) is 10.0 Å². The zero-order valence-electron chi connectivity index (χ0n) is 13.9. The quantitative estimate of drug-likeness (QED) is 0.800. The summed E-state index contributed by atoms with van der Waals surface area (Å²) in [5, 5.41) is 9.57. The first-order valence-electron chi connectivity index (χ1n) is 8.16. The Morgan fingerprint density at radius 2 is 1.87 bits per heavy atom. The molecule has 1 aromatic carbocycles. The molecule has 0 saturated carbocycles. The average Bonchev–Trinajstić information content (AvgIpc) is 2.56. The van der Waals surface area contributed by atoms with Crippen LogP contribution in [0.3, 0.4) is 0 Å². The molecule has 0 radical (unpaired) electrons. The Hall–Kier alpha value is -1.42. The fourth-order valence-electron chi connectivity index (χ4n) is 2.94. The van der Waals surface area contributed by atoms with Crippen molar-refractivity contribution >= 4 is 10.0 Å². The maximum Gasteiger partial charge on any atom is 0.214 e. The van der Waals surface area contributed by atoms with E-state index in [1.165, 1.54) is 0 Å². The molecule has 5 nitrogen and oxygen atoms in total. The Bertz CT molecular complexity index is 659. The molecular formula is C17H25N3O2S. The van der Waals surface area contributed by atoms with Crippen LogP contribution in [0.25, 0.3) is 0 Å². The predicted octanol–water partition coefficient (Wildman–Crippen LogP) is 2.31. The highest BCUT2D eigenvalue weighted by Gasteiger charge is 2.30. The second-order valence-corrected chi connectivity index (χ2v) is 8.08. The molecule has 126 valence electrons. The first-order valence-corrected chi connectivity index (χ1v) is 9.77. The molecule has 1 aromatic rings. The first-order chi connectivity index (χ1) is 11.0. The molecule has 1 unspecified atom stereocenters. The number of nitrogens with zero attached hydrogens (tertiary/aromatic N) is 3. The maximum absolute atomic E-state index is 12.3. The summed E-state index contributed by atoms with van der Waals surface area (Å²) in [5.41, 5.74) is 2.11. The fraction of sp³-hybridized carbons (Fsp3) is 0.588. The molecule has 0 N–H and O–H groups in total. The van der Waals surface area contributed by atoms with E-state index in [2.05, 4.69) is 11.0 Å². The van der Waals surface area contributed by atoms with E-state index in [0.29, 0.717) is 32.6 Å². The molecule has 0 aliphatic carbocycles. The molecule has 0 bridgehead atoms. The zero-order valence-corrected chi connectivity index (χ0v) is 14.7. The second kappa shape index (κ2) is 7.91. The van der Waals surface area contributed by atoms with E-state index in [9.17, 15) is 13.7 Å². The number of aryl methyl sites for hydroxylation is 1. The number of sulfonamides is 1. The van der Waals surface area contributed by atoms with E-state index in [1.54, 1.807) is 4.31 Å². The van der Waals surface area contributed by atoms with Gasteiger partial charge in [0.25, 0.3) is 0 Å². The van der Waals surface area contributed by atoms with Crippen molar-refractivity contribution in [1.82, 2.24) is 9.21 Å². The van der Waals surface area contributed by atoms with Gasteiger partial charge in [-0.25, -0.2) is 8.42 Å². The molecule has 2 rings (SSSR count). The Morgan fingerprint density at radius 3 is 2.43 bits per heavy atom. The van der Waals surface area contributed by atoms with Gasteiger partial charge < -0.3 is 0 Å². The molecule has 6 heteroatoms. The molecule has 0 aromatic heterocycles. The number of hydrogen-bond acceptors (Lipinski definition) is 4. The van der Waals surface area contributed by atoms with Crippen LogP contribution in [0, 0.1) is 18.3 Å². The fourth-order valence-corrected chi connectivity index (χ4v) is 4.57.